The van der Waals surface area contributed by atoms with Crippen LogP contribution < -0.4 is 17.0 Å². The highest BCUT2D eigenvalue weighted by atomic mass is 16.5. The summed E-state index contributed by atoms with van der Waals surface area (Å²) in [4.78, 5) is 47.8. The SMILES string of the molecule is CCCCCCCCCCCCCCCCCCCCCC(=O)OCCC(COC(=O)[C@@H](N)C(C)C)Cn1cnc2c(=O)[nH]c(N)nc21. The van der Waals surface area contributed by atoms with Crippen LogP contribution in [0.15, 0.2) is 11.1 Å². The molecule has 11 heteroatoms. The van der Waals surface area contributed by atoms with Crippen LogP contribution >= 0.6 is 0 Å². The van der Waals surface area contributed by atoms with Crippen molar-refractivity contribution in [2.24, 2.45) is 17.6 Å². The summed E-state index contributed by atoms with van der Waals surface area (Å²) in [5.74, 6) is -0.990. The average Bonchev–Trinajstić information content (AvgIpc) is 3.46. The number of esters is 2. The molecule has 1 unspecified atom stereocenters. The average molecular weight is 675 g/mol. The Bertz CT molecular complexity index is 1210. The van der Waals surface area contributed by atoms with E-state index in [0.717, 1.165) is 19.3 Å². The fourth-order valence-corrected chi connectivity index (χ4v) is 5.94. The molecule has 0 fully saturated rings. The van der Waals surface area contributed by atoms with Gasteiger partial charge in [-0.2, -0.15) is 4.98 Å². The van der Waals surface area contributed by atoms with Gasteiger partial charge in [-0.25, -0.2) is 4.98 Å². The Balaban J connectivity index is 1.56. The van der Waals surface area contributed by atoms with E-state index in [0.29, 0.717) is 25.0 Å². The van der Waals surface area contributed by atoms with Gasteiger partial charge >= 0.3 is 11.9 Å². The van der Waals surface area contributed by atoms with Crippen molar-refractivity contribution in [3.63, 3.8) is 0 Å². The summed E-state index contributed by atoms with van der Waals surface area (Å²) in [7, 11) is 0. The number of carbonyl (C=O) groups excluding carboxylic acids is 2. The highest BCUT2D eigenvalue weighted by molar-refractivity contribution is 5.75. The number of hydrogen-bond donors (Lipinski definition) is 3. The van der Waals surface area contributed by atoms with Gasteiger partial charge in [0.2, 0.25) is 5.95 Å². The number of nitrogen functional groups attached to an aromatic ring is 1. The van der Waals surface area contributed by atoms with Crippen molar-refractivity contribution in [2.45, 2.75) is 168 Å². The molecule has 0 aliphatic carbocycles. The number of carbonyl (C=O) groups is 2. The summed E-state index contributed by atoms with van der Waals surface area (Å²) >= 11 is 0. The van der Waals surface area contributed by atoms with Crippen molar-refractivity contribution in [2.75, 3.05) is 18.9 Å². The lowest BCUT2D eigenvalue weighted by molar-refractivity contribution is -0.149. The number of imidazole rings is 1. The molecule has 0 saturated carbocycles. The van der Waals surface area contributed by atoms with Gasteiger partial charge in [0.05, 0.1) is 19.5 Å². The lowest BCUT2D eigenvalue weighted by Gasteiger charge is -2.20. The number of fused-ring (bicyclic) bond motifs is 1. The molecular formula is C37H66N6O5. The van der Waals surface area contributed by atoms with Gasteiger partial charge in [-0.3, -0.25) is 19.4 Å². The van der Waals surface area contributed by atoms with Crippen molar-refractivity contribution in [1.82, 2.24) is 19.5 Å². The Morgan fingerprint density at radius 2 is 1.35 bits per heavy atom. The molecule has 2 aromatic heterocycles. The van der Waals surface area contributed by atoms with Crippen LogP contribution in [0.25, 0.3) is 11.2 Å². The summed E-state index contributed by atoms with van der Waals surface area (Å²) in [6.07, 6.45) is 27.3. The summed E-state index contributed by atoms with van der Waals surface area (Å²) in [6.45, 7) is 6.60. The Hall–Kier alpha value is -2.95. The first-order chi connectivity index (χ1) is 23.2. The molecule has 0 aliphatic rings. The van der Waals surface area contributed by atoms with E-state index >= 15 is 0 Å². The molecule has 0 radical (unpaired) electrons. The van der Waals surface area contributed by atoms with E-state index in [1.807, 2.05) is 13.8 Å². The van der Waals surface area contributed by atoms with E-state index in [1.165, 1.54) is 109 Å². The Morgan fingerprint density at radius 1 is 0.833 bits per heavy atom. The highest BCUT2D eigenvalue weighted by Gasteiger charge is 2.22. The summed E-state index contributed by atoms with van der Waals surface area (Å²) in [6, 6.07) is -0.725. The monoisotopic (exact) mass is 675 g/mol. The van der Waals surface area contributed by atoms with Gasteiger partial charge in [0.15, 0.2) is 11.2 Å². The van der Waals surface area contributed by atoms with Crippen LogP contribution in [0.5, 0.6) is 0 Å². The van der Waals surface area contributed by atoms with E-state index in [-0.39, 0.29) is 42.5 Å². The minimum atomic E-state index is -0.725. The number of ether oxygens (including phenoxy) is 2. The van der Waals surface area contributed by atoms with Gasteiger partial charge in [-0.1, -0.05) is 136 Å². The third kappa shape index (κ3) is 17.4. The highest BCUT2D eigenvalue weighted by Crippen LogP contribution is 2.17. The van der Waals surface area contributed by atoms with Gasteiger partial charge < -0.3 is 25.5 Å². The van der Waals surface area contributed by atoms with E-state index < -0.39 is 17.6 Å². The van der Waals surface area contributed by atoms with Gasteiger partial charge in [0, 0.05) is 18.9 Å². The second kappa shape index (κ2) is 25.1. The first-order valence-electron chi connectivity index (χ1n) is 19.0. The molecule has 0 saturated heterocycles. The Morgan fingerprint density at radius 3 is 1.88 bits per heavy atom. The zero-order chi connectivity index (χ0) is 35.0. The molecule has 2 heterocycles. The molecule has 0 aliphatic heterocycles. The van der Waals surface area contributed by atoms with Crippen molar-refractivity contribution in [3.05, 3.63) is 16.7 Å². The zero-order valence-electron chi connectivity index (χ0n) is 30.3. The van der Waals surface area contributed by atoms with Gasteiger partial charge in [0.25, 0.3) is 5.56 Å². The van der Waals surface area contributed by atoms with Crippen LogP contribution in [0, 0.1) is 11.8 Å². The number of unbranched alkanes of at least 4 members (excludes halogenated alkanes) is 18. The normalized spacial score (nSPS) is 12.9. The predicted molar refractivity (Wildman–Crippen MR) is 193 cm³/mol. The second-order valence-electron chi connectivity index (χ2n) is 13.9. The maximum absolute atomic E-state index is 12.4. The van der Waals surface area contributed by atoms with Crippen LogP contribution in [0.4, 0.5) is 5.95 Å². The minimum absolute atomic E-state index is 0.0103. The number of aromatic nitrogens is 4. The molecule has 11 nitrogen and oxygen atoms in total. The molecule has 0 spiro atoms. The maximum atomic E-state index is 12.4. The van der Waals surface area contributed by atoms with Gasteiger partial charge in [-0.15, -0.1) is 0 Å². The number of anilines is 1. The van der Waals surface area contributed by atoms with E-state index in [4.69, 9.17) is 20.9 Å². The molecule has 0 bridgehead atoms. The molecule has 5 N–H and O–H groups in total. The number of nitrogens with one attached hydrogen (secondary N) is 1. The summed E-state index contributed by atoms with van der Waals surface area (Å²) in [5, 5.41) is 0. The first kappa shape index (κ1) is 41.2. The zero-order valence-corrected chi connectivity index (χ0v) is 30.3. The molecule has 2 rings (SSSR count). The number of nitrogens with two attached hydrogens (primary N) is 2. The predicted octanol–water partition coefficient (Wildman–Crippen LogP) is 7.60. The van der Waals surface area contributed by atoms with Gasteiger partial charge in [0.1, 0.15) is 6.04 Å². The molecule has 0 aromatic carbocycles. The Kier molecular flexibility index (Phi) is 21.5. The number of hydrogen-bond acceptors (Lipinski definition) is 9. The van der Waals surface area contributed by atoms with Crippen LogP contribution in [0.1, 0.15) is 156 Å². The van der Waals surface area contributed by atoms with E-state index in [9.17, 15) is 14.4 Å². The largest absolute Gasteiger partial charge is 0.466 e. The number of rotatable bonds is 29. The van der Waals surface area contributed by atoms with Crippen LogP contribution in [-0.4, -0.2) is 50.7 Å². The van der Waals surface area contributed by atoms with Crippen molar-refractivity contribution in [3.8, 4) is 0 Å². The number of nitrogens with zero attached hydrogens (tertiary/aromatic N) is 3. The molecule has 0 amide bonds. The molecule has 2 aromatic rings. The summed E-state index contributed by atoms with van der Waals surface area (Å²) < 4.78 is 12.7. The summed E-state index contributed by atoms with van der Waals surface area (Å²) in [5.41, 5.74) is 11.8. The first-order valence-corrected chi connectivity index (χ1v) is 19.0. The van der Waals surface area contributed by atoms with Gasteiger partial charge in [-0.05, 0) is 18.8 Å². The smallest absolute Gasteiger partial charge is 0.323 e. The van der Waals surface area contributed by atoms with Crippen molar-refractivity contribution in [1.29, 1.82) is 0 Å². The lowest BCUT2D eigenvalue weighted by atomic mass is 10.0. The molecule has 2 atom stereocenters. The molecule has 274 valence electrons. The standard InChI is InChI=1S/C37H66N6O5/c1-4-5-6-7-8-9-10-11-12-13-14-15-16-17-18-19-20-21-22-23-31(44)47-25-24-30(27-48-36(46)32(38)29(2)3)26-43-28-40-33-34(43)41-37(39)42-35(33)45/h28-30,32H,4-27,38H2,1-3H3,(H3,39,41,42,45)/t30?,32-/m0/s1. The fraction of sp³-hybridized carbons (Fsp3) is 0.811. The number of aromatic amines is 1. The fourth-order valence-electron chi connectivity index (χ4n) is 5.94. The lowest BCUT2D eigenvalue weighted by Crippen LogP contribution is -2.38. The van der Waals surface area contributed by atoms with Crippen LogP contribution in [-0.2, 0) is 25.6 Å². The van der Waals surface area contributed by atoms with Crippen molar-refractivity contribution >= 4 is 29.1 Å². The minimum Gasteiger partial charge on any atom is -0.466 e. The third-order valence-corrected chi connectivity index (χ3v) is 9.17. The third-order valence-electron chi connectivity index (χ3n) is 9.17. The second-order valence-corrected chi connectivity index (χ2v) is 13.9. The van der Waals surface area contributed by atoms with E-state index in [2.05, 4.69) is 21.9 Å². The van der Waals surface area contributed by atoms with E-state index in [1.54, 1.807) is 4.57 Å². The van der Waals surface area contributed by atoms with Crippen LogP contribution in [0.3, 0.4) is 0 Å². The topological polar surface area (TPSA) is 168 Å². The maximum Gasteiger partial charge on any atom is 0.323 e. The Labute approximate surface area is 288 Å². The van der Waals surface area contributed by atoms with Crippen molar-refractivity contribution < 1.29 is 19.1 Å². The van der Waals surface area contributed by atoms with Crippen LogP contribution in [0.2, 0.25) is 0 Å². The number of H-pyrrole nitrogens is 1. The molecular weight excluding hydrogens is 608 g/mol. The quantitative estimate of drug-likeness (QED) is 0.0581. The molecule has 48 heavy (non-hydrogen) atoms.